The molecular formula is C15H14Cl2N2O4S. The minimum Gasteiger partial charge on any atom is -0.487 e. The fraction of sp³-hybridized carbons (Fsp3) is 0.133. The molecule has 128 valence electrons. The summed E-state index contributed by atoms with van der Waals surface area (Å²) >= 11 is 12.0. The van der Waals surface area contributed by atoms with Crippen molar-refractivity contribution in [3.63, 3.8) is 0 Å². The van der Waals surface area contributed by atoms with Crippen molar-refractivity contribution >= 4 is 44.9 Å². The molecule has 2 rings (SSSR count). The van der Waals surface area contributed by atoms with Crippen molar-refractivity contribution in [1.82, 2.24) is 4.72 Å². The van der Waals surface area contributed by atoms with E-state index < -0.39 is 16.1 Å². The van der Waals surface area contributed by atoms with E-state index in [2.05, 4.69) is 5.32 Å². The number of carbonyl (C=O) groups excluding carboxylic acids is 1. The summed E-state index contributed by atoms with van der Waals surface area (Å²) in [5, 5.41) is 3.30. The summed E-state index contributed by atoms with van der Waals surface area (Å²) in [5.74, 6) is 0.322. The Morgan fingerprint density at radius 3 is 2.54 bits per heavy atom. The van der Waals surface area contributed by atoms with E-state index in [1.165, 1.54) is 6.07 Å². The molecule has 0 aliphatic carbocycles. The maximum atomic E-state index is 11.7. The van der Waals surface area contributed by atoms with Crippen molar-refractivity contribution < 1.29 is 17.9 Å². The molecule has 0 spiro atoms. The minimum absolute atomic E-state index is 0.170. The lowest BCUT2D eigenvalue weighted by atomic mass is 10.2. The number of urea groups is 1. The number of amides is 2. The predicted octanol–water partition coefficient (Wildman–Crippen LogP) is 3.65. The van der Waals surface area contributed by atoms with E-state index in [0.717, 1.165) is 11.8 Å². The molecule has 0 unspecified atom stereocenters. The van der Waals surface area contributed by atoms with Crippen LogP contribution in [0.25, 0.3) is 0 Å². The Balaban J connectivity index is 2.15. The van der Waals surface area contributed by atoms with Gasteiger partial charge < -0.3 is 10.1 Å². The van der Waals surface area contributed by atoms with E-state index in [4.69, 9.17) is 27.9 Å². The van der Waals surface area contributed by atoms with Crippen LogP contribution in [0.15, 0.2) is 42.5 Å². The van der Waals surface area contributed by atoms with E-state index in [1.807, 2.05) is 12.1 Å². The van der Waals surface area contributed by atoms with E-state index in [0.29, 0.717) is 15.8 Å². The average Bonchev–Trinajstić information content (AvgIpc) is 2.46. The number of anilines is 1. The van der Waals surface area contributed by atoms with Gasteiger partial charge in [0.2, 0.25) is 10.0 Å². The number of rotatable bonds is 5. The van der Waals surface area contributed by atoms with Crippen molar-refractivity contribution in [2.75, 3.05) is 11.6 Å². The Morgan fingerprint density at radius 2 is 1.88 bits per heavy atom. The van der Waals surface area contributed by atoms with E-state index in [-0.39, 0.29) is 12.3 Å². The van der Waals surface area contributed by atoms with Crippen LogP contribution in [0.3, 0.4) is 0 Å². The molecule has 2 aromatic rings. The van der Waals surface area contributed by atoms with Gasteiger partial charge in [-0.3, -0.25) is 0 Å². The number of hydrogen-bond acceptors (Lipinski definition) is 4. The number of benzene rings is 2. The van der Waals surface area contributed by atoms with Crippen LogP contribution in [-0.2, 0) is 16.6 Å². The first-order chi connectivity index (χ1) is 11.2. The molecule has 0 fully saturated rings. The van der Waals surface area contributed by atoms with Gasteiger partial charge in [0.05, 0.1) is 11.9 Å². The molecule has 9 heteroatoms. The normalized spacial score (nSPS) is 11.0. The third-order valence-corrected chi connectivity index (χ3v) is 3.97. The standard InChI is InChI=1S/C15H14Cl2N2O4S/c1-24(21,22)19-15(20)18-13-8-11(16)6-7-14(13)23-9-10-4-2-3-5-12(10)17/h2-8H,9H2,1H3,(H2,18,19,20). The first-order valence-corrected chi connectivity index (χ1v) is 9.34. The van der Waals surface area contributed by atoms with Crippen molar-refractivity contribution in [1.29, 1.82) is 0 Å². The highest BCUT2D eigenvalue weighted by atomic mass is 35.5. The summed E-state index contributed by atoms with van der Waals surface area (Å²) in [6.45, 7) is 0.170. The largest absolute Gasteiger partial charge is 0.487 e. The quantitative estimate of drug-likeness (QED) is 0.818. The van der Waals surface area contributed by atoms with Crippen LogP contribution in [0.4, 0.5) is 10.5 Å². The molecular weight excluding hydrogens is 375 g/mol. The Hall–Kier alpha value is -1.96. The van der Waals surface area contributed by atoms with E-state index in [1.54, 1.807) is 29.0 Å². The van der Waals surface area contributed by atoms with Crippen LogP contribution in [-0.4, -0.2) is 20.7 Å². The second-order valence-corrected chi connectivity index (χ2v) is 7.44. The number of nitrogens with one attached hydrogen (secondary N) is 2. The molecule has 2 aromatic carbocycles. The molecule has 0 aliphatic rings. The fourth-order valence-corrected chi connectivity index (χ4v) is 2.56. The van der Waals surface area contributed by atoms with Gasteiger partial charge in [-0.25, -0.2) is 17.9 Å². The molecule has 0 heterocycles. The fourth-order valence-electron chi connectivity index (χ4n) is 1.81. The number of carbonyl (C=O) groups is 1. The third kappa shape index (κ3) is 5.59. The number of hydrogen-bond donors (Lipinski definition) is 2. The molecule has 0 atom stereocenters. The smallest absolute Gasteiger partial charge is 0.332 e. The number of halogens is 2. The molecule has 2 amide bonds. The lowest BCUT2D eigenvalue weighted by Crippen LogP contribution is -2.33. The van der Waals surface area contributed by atoms with Crippen LogP contribution in [0.2, 0.25) is 10.0 Å². The van der Waals surface area contributed by atoms with Crippen molar-refractivity contribution in [3.8, 4) is 5.75 Å². The van der Waals surface area contributed by atoms with Crippen LogP contribution in [0, 0.1) is 0 Å². The Bertz CT molecular complexity index is 856. The lowest BCUT2D eigenvalue weighted by Gasteiger charge is -2.13. The first kappa shape index (κ1) is 18.4. The van der Waals surface area contributed by atoms with E-state index in [9.17, 15) is 13.2 Å². The van der Waals surface area contributed by atoms with Crippen molar-refractivity contribution in [3.05, 3.63) is 58.1 Å². The topological polar surface area (TPSA) is 84.5 Å². The van der Waals surface area contributed by atoms with Gasteiger partial charge in [-0.2, -0.15) is 0 Å². The minimum atomic E-state index is -3.68. The average molecular weight is 389 g/mol. The Labute approximate surface area is 149 Å². The molecule has 2 N–H and O–H groups in total. The Morgan fingerprint density at radius 1 is 1.17 bits per heavy atom. The summed E-state index contributed by atoms with van der Waals surface area (Å²) in [6.07, 6.45) is 0.874. The van der Waals surface area contributed by atoms with Gasteiger partial charge >= 0.3 is 6.03 Å². The molecule has 0 aromatic heterocycles. The molecule has 0 radical (unpaired) electrons. The maximum absolute atomic E-state index is 11.7. The van der Waals surface area contributed by atoms with Crippen molar-refractivity contribution in [2.24, 2.45) is 0 Å². The third-order valence-electron chi connectivity index (χ3n) is 2.81. The Kier molecular flexibility index (Phi) is 5.93. The molecule has 0 saturated carbocycles. The molecule has 0 bridgehead atoms. The zero-order valence-electron chi connectivity index (χ0n) is 12.5. The highest BCUT2D eigenvalue weighted by Gasteiger charge is 2.13. The van der Waals surface area contributed by atoms with Gasteiger partial charge in [-0.15, -0.1) is 0 Å². The van der Waals surface area contributed by atoms with Gasteiger partial charge in [-0.1, -0.05) is 41.4 Å². The maximum Gasteiger partial charge on any atom is 0.332 e. The molecule has 6 nitrogen and oxygen atoms in total. The van der Waals surface area contributed by atoms with Gasteiger partial charge in [0.1, 0.15) is 12.4 Å². The number of ether oxygens (including phenoxy) is 1. The molecule has 24 heavy (non-hydrogen) atoms. The molecule has 0 saturated heterocycles. The summed E-state index contributed by atoms with van der Waals surface area (Å²) in [4.78, 5) is 11.7. The van der Waals surface area contributed by atoms with Gasteiger partial charge in [0, 0.05) is 15.6 Å². The highest BCUT2D eigenvalue weighted by Crippen LogP contribution is 2.29. The summed E-state index contributed by atoms with van der Waals surface area (Å²) in [5.41, 5.74) is 0.997. The summed E-state index contributed by atoms with van der Waals surface area (Å²) in [7, 11) is -3.68. The van der Waals surface area contributed by atoms with Crippen LogP contribution >= 0.6 is 23.2 Å². The van der Waals surface area contributed by atoms with Gasteiger partial charge in [-0.05, 0) is 24.3 Å². The monoisotopic (exact) mass is 388 g/mol. The second kappa shape index (κ2) is 7.74. The predicted molar refractivity (Wildman–Crippen MR) is 94.2 cm³/mol. The SMILES string of the molecule is CS(=O)(=O)NC(=O)Nc1cc(Cl)ccc1OCc1ccccc1Cl. The zero-order chi connectivity index (χ0) is 17.7. The van der Waals surface area contributed by atoms with E-state index >= 15 is 0 Å². The number of sulfonamides is 1. The van der Waals surface area contributed by atoms with Crippen LogP contribution < -0.4 is 14.8 Å². The van der Waals surface area contributed by atoms with Gasteiger partial charge in [0.25, 0.3) is 0 Å². The summed E-state index contributed by atoms with van der Waals surface area (Å²) < 4.78 is 29.6. The van der Waals surface area contributed by atoms with Gasteiger partial charge in [0.15, 0.2) is 0 Å². The zero-order valence-corrected chi connectivity index (χ0v) is 14.9. The lowest BCUT2D eigenvalue weighted by molar-refractivity contribution is 0.256. The van der Waals surface area contributed by atoms with Crippen molar-refractivity contribution in [2.45, 2.75) is 6.61 Å². The highest BCUT2D eigenvalue weighted by molar-refractivity contribution is 7.89. The van der Waals surface area contributed by atoms with Crippen LogP contribution in [0.1, 0.15) is 5.56 Å². The molecule has 0 aliphatic heterocycles. The second-order valence-electron chi connectivity index (χ2n) is 4.85. The summed E-state index contributed by atoms with van der Waals surface area (Å²) in [6, 6.07) is 10.9. The van der Waals surface area contributed by atoms with Crippen LogP contribution in [0.5, 0.6) is 5.75 Å². The first-order valence-electron chi connectivity index (χ1n) is 6.69.